The number of benzene rings is 2. The zero-order chi connectivity index (χ0) is 21.8. The normalized spacial score (nSPS) is 13.9. The van der Waals surface area contributed by atoms with Crippen molar-refractivity contribution in [2.75, 3.05) is 38.2 Å². The van der Waals surface area contributed by atoms with E-state index in [1.165, 1.54) is 4.68 Å². The second-order valence-electron chi connectivity index (χ2n) is 7.29. The van der Waals surface area contributed by atoms with Gasteiger partial charge < -0.3 is 14.5 Å². The van der Waals surface area contributed by atoms with Gasteiger partial charge in [-0.15, -0.1) is 0 Å². The Bertz CT molecular complexity index is 1130. The number of nitrogens with zero attached hydrogens (tertiary/aromatic N) is 4. The average molecular weight is 439 g/mol. The van der Waals surface area contributed by atoms with E-state index in [2.05, 4.69) is 5.10 Å². The molecule has 31 heavy (non-hydrogen) atoms. The second kappa shape index (κ2) is 9.22. The van der Waals surface area contributed by atoms with Gasteiger partial charge in [-0.05, 0) is 29.8 Å². The minimum atomic E-state index is -0.359. The molecule has 1 saturated heterocycles. The quantitative estimate of drug-likeness (QED) is 0.612. The molecule has 1 aromatic heterocycles. The summed E-state index contributed by atoms with van der Waals surface area (Å²) < 4.78 is 6.52. The molecule has 1 amide bonds. The Morgan fingerprint density at radius 1 is 1.06 bits per heavy atom. The standard InChI is InChI=1S/C23H23ClN4O3/c1-31-19-9-5-6-17(14-19)15-21(29)27-12-10-26(11-13-27)20-16-25-28(23(30)22(20)24)18-7-3-2-4-8-18/h2-9,14,16H,10-13,15H2,1H3. The highest BCUT2D eigenvalue weighted by Crippen LogP contribution is 2.23. The molecule has 0 atom stereocenters. The van der Waals surface area contributed by atoms with E-state index in [-0.39, 0.29) is 16.5 Å². The minimum Gasteiger partial charge on any atom is -0.497 e. The zero-order valence-corrected chi connectivity index (χ0v) is 18.0. The van der Waals surface area contributed by atoms with E-state index in [0.29, 0.717) is 44.0 Å². The zero-order valence-electron chi connectivity index (χ0n) is 17.2. The fourth-order valence-electron chi connectivity index (χ4n) is 3.66. The van der Waals surface area contributed by atoms with Crippen molar-refractivity contribution in [2.24, 2.45) is 0 Å². The highest BCUT2D eigenvalue weighted by molar-refractivity contribution is 6.33. The Balaban J connectivity index is 1.42. The van der Waals surface area contributed by atoms with E-state index in [0.717, 1.165) is 11.3 Å². The van der Waals surface area contributed by atoms with E-state index < -0.39 is 0 Å². The monoisotopic (exact) mass is 438 g/mol. The van der Waals surface area contributed by atoms with Crippen LogP contribution in [0, 0.1) is 0 Å². The van der Waals surface area contributed by atoms with Crippen LogP contribution in [0.25, 0.3) is 5.69 Å². The van der Waals surface area contributed by atoms with Crippen LogP contribution in [0.4, 0.5) is 5.69 Å². The van der Waals surface area contributed by atoms with E-state index in [9.17, 15) is 9.59 Å². The van der Waals surface area contributed by atoms with Crippen molar-refractivity contribution in [3.05, 3.63) is 81.7 Å². The van der Waals surface area contributed by atoms with Gasteiger partial charge in [0.2, 0.25) is 5.91 Å². The SMILES string of the molecule is COc1cccc(CC(=O)N2CCN(c3cnn(-c4ccccc4)c(=O)c3Cl)CC2)c1. The minimum absolute atomic E-state index is 0.0663. The van der Waals surface area contributed by atoms with E-state index in [4.69, 9.17) is 16.3 Å². The van der Waals surface area contributed by atoms with E-state index >= 15 is 0 Å². The highest BCUT2D eigenvalue weighted by Gasteiger charge is 2.24. The summed E-state index contributed by atoms with van der Waals surface area (Å²) >= 11 is 6.41. The molecule has 0 bridgehead atoms. The molecule has 0 N–H and O–H groups in total. The number of methoxy groups -OCH3 is 1. The third-order valence-electron chi connectivity index (χ3n) is 5.36. The lowest BCUT2D eigenvalue weighted by molar-refractivity contribution is -0.130. The van der Waals surface area contributed by atoms with E-state index in [1.807, 2.05) is 52.3 Å². The number of rotatable bonds is 5. The molecule has 0 aliphatic carbocycles. The molecule has 0 spiro atoms. The lowest BCUT2D eigenvalue weighted by atomic mass is 10.1. The summed E-state index contributed by atoms with van der Waals surface area (Å²) in [5.74, 6) is 0.805. The highest BCUT2D eigenvalue weighted by atomic mass is 35.5. The van der Waals surface area contributed by atoms with Crippen LogP contribution in [-0.4, -0.2) is 53.9 Å². The largest absolute Gasteiger partial charge is 0.497 e. The smallest absolute Gasteiger partial charge is 0.292 e. The fraction of sp³-hybridized carbons (Fsp3) is 0.261. The van der Waals surface area contributed by atoms with Crippen LogP contribution >= 0.6 is 11.6 Å². The van der Waals surface area contributed by atoms with Gasteiger partial charge in [0.05, 0.1) is 31.1 Å². The van der Waals surface area contributed by atoms with Gasteiger partial charge >= 0.3 is 0 Å². The molecule has 0 radical (unpaired) electrons. The van der Waals surface area contributed by atoms with Gasteiger partial charge in [0.15, 0.2) is 0 Å². The number of amides is 1. The maximum atomic E-state index is 12.7. The first-order valence-corrected chi connectivity index (χ1v) is 10.4. The molecule has 160 valence electrons. The lowest BCUT2D eigenvalue weighted by Crippen LogP contribution is -2.49. The molecular weight excluding hydrogens is 416 g/mol. The Morgan fingerprint density at radius 2 is 1.81 bits per heavy atom. The van der Waals surface area contributed by atoms with Crippen LogP contribution in [0.1, 0.15) is 5.56 Å². The predicted molar refractivity (Wildman–Crippen MR) is 120 cm³/mol. The third-order valence-corrected chi connectivity index (χ3v) is 5.72. The number of anilines is 1. The molecule has 1 aliphatic rings. The molecule has 1 fully saturated rings. The number of carbonyl (C=O) groups excluding carboxylic acids is 1. The summed E-state index contributed by atoms with van der Waals surface area (Å²) in [6.07, 6.45) is 1.94. The Morgan fingerprint density at radius 3 is 2.52 bits per heavy atom. The van der Waals surface area contributed by atoms with Crippen molar-refractivity contribution in [3.8, 4) is 11.4 Å². The molecule has 0 unspecified atom stereocenters. The predicted octanol–water partition coefficient (Wildman–Crippen LogP) is 2.79. The van der Waals surface area contributed by atoms with Crippen molar-refractivity contribution < 1.29 is 9.53 Å². The first kappa shape index (κ1) is 20.9. The summed E-state index contributed by atoms with van der Waals surface area (Å²) in [6.45, 7) is 2.28. The number of carbonyl (C=O) groups is 1. The van der Waals surface area contributed by atoms with Gasteiger partial charge in [0.25, 0.3) is 5.56 Å². The van der Waals surface area contributed by atoms with Gasteiger partial charge in [-0.2, -0.15) is 9.78 Å². The molecule has 3 aromatic rings. The number of halogens is 1. The number of para-hydroxylation sites is 1. The van der Waals surface area contributed by atoms with E-state index in [1.54, 1.807) is 25.4 Å². The summed E-state index contributed by atoms with van der Waals surface area (Å²) in [6, 6.07) is 16.7. The number of ether oxygens (including phenoxy) is 1. The van der Waals surface area contributed by atoms with Crippen molar-refractivity contribution in [1.82, 2.24) is 14.7 Å². The van der Waals surface area contributed by atoms with Crippen LogP contribution in [0.15, 0.2) is 65.6 Å². The Hall–Kier alpha value is -3.32. The maximum Gasteiger partial charge on any atom is 0.292 e. The van der Waals surface area contributed by atoms with Gasteiger partial charge in [0, 0.05) is 26.2 Å². The maximum absolute atomic E-state index is 12.7. The van der Waals surface area contributed by atoms with Gasteiger partial charge in [-0.25, -0.2) is 0 Å². The number of hydrogen-bond donors (Lipinski definition) is 0. The lowest BCUT2D eigenvalue weighted by Gasteiger charge is -2.36. The van der Waals surface area contributed by atoms with Crippen LogP contribution in [0.5, 0.6) is 5.75 Å². The summed E-state index contributed by atoms with van der Waals surface area (Å²) in [4.78, 5) is 29.3. The number of hydrogen-bond acceptors (Lipinski definition) is 5. The number of aromatic nitrogens is 2. The van der Waals surface area contributed by atoms with Gasteiger partial charge in [-0.3, -0.25) is 9.59 Å². The summed E-state index contributed by atoms with van der Waals surface area (Å²) in [5, 5.41) is 4.43. The summed E-state index contributed by atoms with van der Waals surface area (Å²) in [5.41, 5.74) is 1.82. The van der Waals surface area contributed by atoms with Crippen LogP contribution in [0.3, 0.4) is 0 Å². The van der Waals surface area contributed by atoms with Crippen LogP contribution in [0.2, 0.25) is 5.02 Å². The first-order chi connectivity index (χ1) is 15.1. The second-order valence-corrected chi connectivity index (χ2v) is 7.67. The Kier molecular flexibility index (Phi) is 6.23. The molecule has 8 heteroatoms. The number of piperazine rings is 1. The molecular formula is C23H23ClN4O3. The van der Waals surface area contributed by atoms with Crippen molar-refractivity contribution in [2.45, 2.75) is 6.42 Å². The molecule has 1 aliphatic heterocycles. The van der Waals surface area contributed by atoms with Crippen molar-refractivity contribution in [1.29, 1.82) is 0 Å². The average Bonchev–Trinajstić information content (AvgIpc) is 2.81. The summed E-state index contributed by atoms with van der Waals surface area (Å²) in [7, 11) is 1.61. The first-order valence-electron chi connectivity index (χ1n) is 10.1. The molecule has 7 nitrogen and oxygen atoms in total. The van der Waals surface area contributed by atoms with Crippen molar-refractivity contribution >= 4 is 23.2 Å². The topological polar surface area (TPSA) is 67.7 Å². The third kappa shape index (κ3) is 4.56. The fourth-order valence-corrected chi connectivity index (χ4v) is 3.91. The van der Waals surface area contributed by atoms with Gasteiger partial charge in [0.1, 0.15) is 10.8 Å². The Labute approximate surface area is 185 Å². The molecule has 4 rings (SSSR count). The molecule has 2 heterocycles. The van der Waals surface area contributed by atoms with Crippen molar-refractivity contribution in [3.63, 3.8) is 0 Å². The molecule has 0 saturated carbocycles. The molecule has 2 aromatic carbocycles. The van der Waals surface area contributed by atoms with Crippen LogP contribution < -0.4 is 15.2 Å². The van der Waals surface area contributed by atoms with Crippen LogP contribution in [-0.2, 0) is 11.2 Å². The van der Waals surface area contributed by atoms with Gasteiger partial charge in [-0.1, -0.05) is 41.9 Å².